The molecule has 0 fully saturated rings. The number of nitrogens with one attached hydrogen (secondary N) is 1. The molecular formula is C22H23ClN4O3. The molecule has 0 atom stereocenters. The number of pyridine rings is 1. The second-order valence-corrected chi connectivity index (χ2v) is 7.36. The van der Waals surface area contributed by atoms with Gasteiger partial charge in [-0.25, -0.2) is 4.98 Å². The number of methoxy groups -OCH3 is 1. The predicted octanol–water partition coefficient (Wildman–Crippen LogP) is 4.31. The number of rotatable bonds is 4. The summed E-state index contributed by atoms with van der Waals surface area (Å²) in [4.78, 5) is 22.9. The van der Waals surface area contributed by atoms with E-state index in [0.717, 1.165) is 11.4 Å². The number of ether oxygens (including phenoxy) is 1. The van der Waals surface area contributed by atoms with E-state index in [1.807, 2.05) is 31.1 Å². The number of aliphatic hydroxyl groups is 1. The number of anilines is 2. The van der Waals surface area contributed by atoms with Gasteiger partial charge in [-0.2, -0.15) is 0 Å². The zero-order chi connectivity index (χ0) is 22.0. The fourth-order valence-electron chi connectivity index (χ4n) is 3.12. The van der Waals surface area contributed by atoms with Crippen LogP contribution in [0.3, 0.4) is 0 Å². The van der Waals surface area contributed by atoms with Crippen molar-refractivity contribution in [2.75, 3.05) is 38.5 Å². The number of carbonyl (C=O) groups excluding carboxylic acids is 1. The Labute approximate surface area is 180 Å². The van der Waals surface area contributed by atoms with E-state index < -0.39 is 5.91 Å². The molecule has 1 aromatic carbocycles. The van der Waals surface area contributed by atoms with E-state index in [-0.39, 0.29) is 11.3 Å². The van der Waals surface area contributed by atoms with Crippen molar-refractivity contribution in [1.82, 2.24) is 4.98 Å². The number of hydrogen-bond donors (Lipinski definition) is 2. The van der Waals surface area contributed by atoms with Crippen molar-refractivity contribution in [2.24, 2.45) is 4.99 Å². The maximum Gasteiger partial charge on any atom is 0.260 e. The number of aliphatic hydroxyl groups excluding tert-OH is 1. The van der Waals surface area contributed by atoms with Crippen molar-refractivity contribution < 1.29 is 14.6 Å². The van der Waals surface area contributed by atoms with Gasteiger partial charge in [0.1, 0.15) is 11.6 Å². The highest BCUT2D eigenvalue weighted by molar-refractivity contribution is 6.37. The van der Waals surface area contributed by atoms with Gasteiger partial charge in [-0.15, -0.1) is 0 Å². The molecule has 0 saturated carbocycles. The van der Waals surface area contributed by atoms with Gasteiger partial charge in [-0.05, 0) is 36.8 Å². The average molecular weight is 427 g/mol. The molecule has 1 aliphatic heterocycles. The second kappa shape index (κ2) is 8.59. The molecule has 8 heteroatoms. The van der Waals surface area contributed by atoms with Gasteiger partial charge in [0.25, 0.3) is 5.91 Å². The van der Waals surface area contributed by atoms with Crippen LogP contribution in [0.25, 0.3) is 16.7 Å². The minimum Gasteiger partial charge on any atom is -0.507 e. The molecule has 2 heterocycles. The van der Waals surface area contributed by atoms with Gasteiger partial charge >= 0.3 is 0 Å². The standard InChI is InChI=1S/C22H23ClN4O3/c1-12(8-19(24-2)30-5)21(28)20-15-9-14(16(23)10-17(15)26-22(20)29)13-6-7-18(25-11-13)27(3)4/h6-11,28H,1-5H3,(H,26,29)/b12-8?,21-20?,24-19+. The highest BCUT2D eigenvalue weighted by Gasteiger charge is 2.30. The molecule has 30 heavy (non-hydrogen) atoms. The van der Waals surface area contributed by atoms with Crippen LogP contribution in [0.15, 0.2) is 52.9 Å². The smallest absolute Gasteiger partial charge is 0.260 e. The van der Waals surface area contributed by atoms with Crippen LogP contribution in [0.4, 0.5) is 11.5 Å². The van der Waals surface area contributed by atoms with E-state index in [0.29, 0.717) is 33.3 Å². The first kappa shape index (κ1) is 21.4. The van der Waals surface area contributed by atoms with E-state index >= 15 is 0 Å². The van der Waals surface area contributed by atoms with Gasteiger partial charge in [0.15, 0.2) is 0 Å². The molecule has 3 rings (SSSR count). The molecule has 156 valence electrons. The van der Waals surface area contributed by atoms with Gasteiger partial charge in [-0.3, -0.25) is 9.79 Å². The lowest BCUT2D eigenvalue weighted by Gasteiger charge is -2.13. The van der Waals surface area contributed by atoms with Crippen LogP contribution in [0.5, 0.6) is 0 Å². The number of fused-ring (bicyclic) bond motifs is 1. The topological polar surface area (TPSA) is 87.1 Å². The number of amides is 1. The molecule has 2 N–H and O–H groups in total. The average Bonchev–Trinajstić information content (AvgIpc) is 3.04. The Kier molecular flexibility index (Phi) is 6.12. The van der Waals surface area contributed by atoms with Gasteiger partial charge in [-0.1, -0.05) is 11.6 Å². The Bertz CT molecular complexity index is 1090. The van der Waals surface area contributed by atoms with E-state index in [1.165, 1.54) is 7.11 Å². The highest BCUT2D eigenvalue weighted by Crippen LogP contribution is 2.41. The first-order chi connectivity index (χ1) is 14.3. The SMILES string of the molecule is C/N=C(\C=C(C)C(O)=C1C(=O)Nc2cc(Cl)c(-c3ccc(N(C)C)nc3)cc21)OC. The van der Waals surface area contributed by atoms with Crippen LogP contribution in [0.2, 0.25) is 5.02 Å². The van der Waals surface area contributed by atoms with Gasteiger partial charge in [0, 0.05) is 50.1 Å². The maximum absolute atomic E-state index is 12.6. The first-order valence-corrected chi connectivity index (χ1v) is 9.56. The summed E-state index contributed by atoms with van der Waals surface area (Å²) in [5, 5.41) is 14.0. The van der Waals surface area contributed by atoms with Crippen molar-refractivity contribution in [2.45, 2.75) is 6.92 Å². The lowest BCUT2D eigenvalue weighted by Crippen LogP contribution is -2.10. The molecule has 0 aliphatic carbocycles. The van der Waals surface area contributed by atoms with Crippen molar-refractivity contribution in [3.63, 3.8) is 0 Å². The number of aromatic nitrogens is 1. The third-order valence-corrected chi connectivity index (χ3v) is 5.06. The molecule has 2 aromatic rings. The Morgan fingerprint density at radius 3 is 2.60 bits per heavy atom. The monoisotopic (exact) mass is 426 g/mol. The number of carbonyl (C=O) groups is 1. The normalized spacial score (nSPS) is 15.6. The lowest BCUT2D eigenvalue weighted by atomic mass is 9.98. The quantitative estimate of drug-likeness (QED) is 0.329. The van der Waals surface area contributed by atoms with Crippen molar-refractivity contribution in [3.05, 3.63) is 58.5 Å². The predicted molar refractivity (Wildman–Crippen MR) is 121 cm³/mol. The maximum atomic E-state index is 12.6. The third kappa shape index (κ3) is 4.02. The molecule has 7 nitrogen and oxygen atoms in total. The van der Waals surface area contributed by atoms with Crippen LogP contribution in [0.1, 0.15) is 12.5 Å². The summed E-state index contributed by atoms with van der Waals surface area (Å²) in [6.45, 7) is 1.68. The van der Waals surface area contributed by atoms with E-state index in [1.54, 1.807) is 38.4 Å². The number of allylic oxidation sites excluding steroid dienone is 1. The summed E-state index contributed by atoms with van der Waals surface area (Å²) in [6.07, 6.45) is 3.29. The van der Waals surface area contributed by atoms with Crippen molar-refractivity contribution in [1.29, 1.82) is 0 Å². The zero-order valence-electron chi connectivity index (χ0n) is 17.4. The Morgan fingerprint density at radius 1 is 1.30 bits per heavy atom. The number of halogens is 1. The summed E-state index contributed by atoms with van der Waals surface area (Å²) in [5.41, 5.74) is 3.24. The summed E-state index contributed by atoms with van der Waals surface area (Å²) in [7, 11) is 6.89. The van der Waals surface area contributed by atoms with E-state index in [4.69, 9.17) is 16.3 Å². The fourth-order valence-corrected chi connectivity index (χ4v) is 3.40. The molecule has 1 aliphatic rings. The van der Waals surface area contributed by atoms with E-state index in [9.17, 15) is 9.90 Å². The third-order valence-electron chi connectivity index (χ3n) is 4.75. The summed E-state index contributed by atoms with van der Waals surface area (Å²) in [6, 6.07) is 7.26. The lowest BCUT2D eigenvalue weighted by molar-refractivity contribution is -0.110. The molecule has 0 unspecified atom stereocenters. The summed E-state index contributed by atoms with van der Waals surface area (Å²) in [5.74, 6) is 0.594. The molecule has 0 saturated heterocycles. The second-order valence-electron chi connectivity index (χ2n) is 6.95. The minimum atomic E-state index is -0.406. The molecule has 0 radical (unpaired) electrons. The highest BCUT2D eigenvalue weighted by atomic mass is 35.5. The molecule has 1 amide bonds. The van der Waals surface area contributed by atoms with Crippen molar-refractivity contribution >= 4 is 40.5 Å². The Morgan fingerprint density at radius 2 is 2.03 bits per heavy atom. The van der Waals surface area contributed by atoms with Crippen LogP contribution in [-0.2, 0) is 9.53 Å². The van der Waals surface area contributed by atoms with Crippen LogP contribution < -0.4 is 10.2 Å². The molecular weight excluding hydrogens is 404 g/mol. The van der Waals surface area contributed by atoms with Gasteiger partial charge in [0.2, 0.25) is 5.90 Å². The molecule has 0 bridgehead atoms. The zero-order valence-corrected chi connectivity index (χ0v) is 18.2. The summed E-state index contributed by atoms with van der Waals surface area (Å²) >= 11 is 6.48. The number of nitrogens with zero attached hydrogens (tertiary/aromatic N) is 3. The first-order valence-electron chi connectivity index (χ1n) is 9.18. The number of aliphatic imine (C=N–C) groups is 1. The minimum absolute atomic E-state index is 0.154. The van der Waals surface area contributed by atoms with E-state index in [2.05, 4.69) is 15.3 Å². The van der Waals surface area contributed by atoms with Crippen LogP contribution in [-0.4, -0.2) is 50.1 Å². The van der Waals surface area contributed by atoms with Crippen LogP contribution >= 0.6 is 11.6 Å². The van der Waals surface area contributed by atoms with Crippen molar-refractivity contribution in [3.8, 4) is 11.1 Å². The molecule has 1 aromatic heterocycles. The van der Waals surface area contributed by atoms with Gasteiger partial charge in [0.05, 0.1) is 23.4 Å². The van der Waals surface area contributed by atoms with Crippen LogP contribution in [0, 0.1) is 0 Å². The fraction of sp³-hybridized carbons (Fsp3) is 0.227. The number of benzene rings is 1. The molecule has 0 spiro atoms. The largest absolute Gasteiger partial charge is 0.507 e. The number of hydrogen-bond acceptors (Lipinski definition) is 6. The Hall–Kier alpha value is -3.32. The van der Waals surface area contributed by atoms with Gasteiger partial charge < -0.3 is 20.1 Å². The summed E-state index contributed by atoms with van der Waals surface area (Å²) < 4.78 is 5.11. The Balaban J connectivity index is 2.11.